The molecule has 0 spiro atoms. The maximum atomic E-state index is 12.6. The molecule has 1 unspecified atom stereocenters. The summed E-state index contributed by atoms with van der Waals surface area (Å²) in [5.41, 5.74) is 0.247. The third kappa shape index (κ3) is 3.83. The molecule has 0 bridgehead atoms. The smallest absolute Gasteiger partial charge is 0.324 e. The van der Waals surface area contributed by atoms with Crippen LogP contribution in [0.2, 0.25) is 0 Å². The summed E-state index contributed by atoms with van der Waals surface area (Å²) in [6, 6.07) is -0.213. The summed E-state index contributed by atoms with van der Waals surface area (Å²) in [6.45, 7) is -0.703. The first-order valence-corrected chi connectivity index (χ1v) is 5.98. The Morgan fingerprint density at radius 1 is 1.67 bits per heavy atom. The van der Waals surface area contributed by atoms with Gasteiger partial charge in [-0.25, -0.2) is 9.78 Å². The van der Waals surface area contributed by atoms with Crippen LogP contribution in [-0.4, -0.2) is 40.6 Å². The van der Waals surface area contributed by atoms with E-state index in [0.29, 0.717) is 0 Å². The standard InChI is InChI=1S/C12H13F3N4O2/c1-7(20)17-10-4-8(2-3-16-10)5-19-6-9(12(13,14)15)18-11(19)21/h2-4,9H,5-6H2,1H3,(H,18,21)(H,16,17,20)/t9-/m0/s1/i5D/t5?,9-. The lowest BCUT2D eigenvalue weighted by Gasteiger charge is -2.16. The van der Waals surface area contributed by atoms with E-state index >= 15 is 0 Å². The fourth-order valence-corrected chi connectivity index (χ4v) is 1.81. The van der Waals surface area contributed by atoms with Gasteiger partial charge in [-0.05, 0) is 17.7 Å². The Bertz CT molecular complexity index is 596. The monoisotopic (exact) mass is 303 g/mol. The van der Waals surface area contributed by atoms with Crippen molar-refractivity contribution in [2.24, 2.45) is 0 Å². The SMILES string of the molecule is [2H]C(c1ccnc(NC(C)=O)c1)N1C[C@@H](C(F)(F)F)NC1=O. The summed E-state index contributed by atoms with van der Waals surface area (Å²) in [4.78, 5) is 27.2. The van der Waals surface area contributed by atoms with Gasteiger partial charge >= 0.3 is 12.2 Å². The molecule has 3 amide bonds. The molecule has 0 radical (unpaired) electrons. The number of carbonyl (C=O) groups excluding carboxylic acids is 2. The van der Waals surface area contributed by atoms with Crippen LogP contribution in [0.25, 0.3) is 0 Å². The van der Waals surface area contributed by atoms with Crippen LogP contribution >= 0.6 is 0 Å². The number of urea groups is 1. The molecular weight excluding hydrogens is 289 g/mol. The zero-order valence-corrected chi connectivity index (χ0v) is 10.9. The van der Waals surface area contributed by atoms with E-state index in [4.69, 9.17) is 1.37 Å². The largest absolute Gasteiger partial charge is 0.410 e. The second-order valence-electron chi connectivity index (χ2n) is 4.48. The summed E-state index contributed by atoms with van der Waals surface area (Å²) in [5, 5.41) is 4.20. The van der Waals surface area contributed by atoms with E-state index in [1.165, 1.54) is 25.3 Å². The Morgan fingerprint density at radius 2 is 2.38 bits per heavy atom. The molecule has 2 N–H and O–H groups in total. The minimum atomic E-state index is -4.57. The van der Waals surface area contributed by atoms with Gasteiger partial charge in [0, 0.05) is 19.6 Å². The molecule has 2 atom stereocenters. The molecule has 21 heavy (non-hydrogen) atoms. The van der Waals surface area contributed by atoms with E-state index in [0.717, 1.165) is 4.90 Å². The molecule has 9 heteroatoms. The first kappa shape index (κ1) is 13.7. The number of hydrogen-bond acceptors (Lipinski definition) is 3. The van der Waals surface area contributed by atoms with E-state index < -0.39 is 31.3 Å². The summed E-state index contributed by atoms with van der Waals surface area (Å²) in [6.07, 6.45) is -3.26. The van der Waals surface area contributed by atoms with Crippen molar-refractivity contribution in [1.82, 2.24) is 15.2 Å². The lowest BCUT2D eigenvalue weighted by Crippen LogP contribution is -2.40. The fraction of sp³-hybridized carbons (Fsp3) is 0.417. The molecule has 1 fully saturated rings. The predicted molar refractivity (Wildman–Crippen MR) is 67.3 cm³/mol. The summed E-state index contributed by atoms with van der Waals surface area (Å²) in [5.74, 6) is -0.212. The van der Waals surface area contributed by atoms with E-state index in [9.17, 15) is 22.8 Å². The molecule has 0 saturated carbocycles. The third-order valence-electron chi connectivity index (χ3n) is 2.73. The number of carbonyl (C=O) groups is 2. The van der Waals surface area contributed by atoms with Crippen molar-refractivity contribution in [3.8, 4) is 0 Å². The third-order valence-corrected chi connectivity index (χ3v) is 2.73. The lowest BCUT2D eigenvalue weighted by molar-refractivity contribution is -0.149. The lowest BCUT2D eigenvalue weighted by atomic mass is 10.2. The van der Waals surface area contributed by atoms with E-state index in [2.05, 4.69) is 10.3 Å². The summed E-state index contributed by atoms with van der Waals surface area (Å²) in [7, 11) is 0. The minimum Gasteiger partial charge on any atom is -0.324 e. The molecule has 1 aliphatic rings. The van der Waals surface area contributed by atoms with Crippen LogP contribution < -0.4 is 10.6 Å². The van der Waals surface area contributed by atoms with Crippen molar-refractivity contribution in [3.63, 3.8) is 0 Å². The molecule has 1 aromatic heterocycles. The zero-order chi connectivity index (χ0) is 16.5. The first-order chi connectivity index (χ1) is 10.2. The number of pyridine rings is 1. The van der Waals surface area contributed by atoms with Crippen LogP contribution in [0.5, 0.6) is 0 Å². The normalized spacial score (nSPS) is 20.8. The van der Waals surface area contributed by atoms with Crippen molar-refractivity contribution < 1.29 is 24.1 Å². The first-order valence-electron chi connectivity index (χ1n) is 6.56. The molecule has 0 aromatic carbocycles. The van der Waals surface area contributed by atoms with Gasteiger partial charge in [-0.15, -0.1) is 0 Å². The van der Waals surface area contributed by atoms with Gasteiger partial charge in [0.2, 0.25) is 5.91 Å². The Balaban J connectivity index is 2.16. The van der Waals surface area contributed by atoms with Gasteiger partial charge in [-0.2, -0.15) is 13.2 Å². The Kier molecular flexibility index (Phi) is 3.63. The predicted octanol–water partition coefficient (Wildman–Crippen LogP) is 1.50. The molecular formula is C12H13F3N4O2. The van der Waals surface area contributed by atoms with Crippen molar-refractivity contribution >= 4 is 17.8 Å². The van der Waals surface area contributed by atoms with Crippen LogP contribution in [0.15, 0.2) is 18.3 Å². The molecule has 1 aliphatic heterocycles. The van der Waals surface area contributed by atoms with Crippen LogP contribution in [0.3, 0.4) is 0 Å². The molecule has 2 heterocycles. The molecule has 1 saturated heterocycles. The number of aromatic nitrogens is 1. The molecule has 2 rings (SSSR count). The topological polar surface area (TPSA) is 74.3 Å². The molecule has 0 aliphatic carbocycles. The van der Waals surface area contributed by atoms with Gasteiger partial charge in [0.05, 0.1) is 7.92 Å². The number of rotatable bonds is 3. The second-order valence-corrected chi connectivity index (χ2v) is 4.48. The Labute approximate surface area is 119 Å². The number of halogens is 3. The van der Waals surface area contributed by atoms with Crippen molar-refractivity contribution in [2.75, 3.05) is 11.9 Å². The number of alkyl halides is 3. The number of nitrogens with one attached hydrogen (secondary N) is 2. The number of amides is 3. The Morgan fingerprint density at radius 3 is 2.95 bits per heavy atom. The van der Waals surface area contributed by atoms with Gasteiger partial charge in [0.1, 0.15) is 11.9 Å². The summed E-state index contributed by atoms with van der Waals surface area (Å²) >= 11 is 0. The van der Waals surface area contributed by atoms with Gasteiger partial charge in [-0.3, -0.25) is 4.79 Å². The molecule has 6 nitrogen and oxygen atoms in total. The van der Waals surface area contributed by atoms with E-state index in [1.807, 2.05) is 0 Å². The average molecular weight is 303 g/mol. The number of anilines is 1. The van der Waals surface area contributed by atoms with Crippen molar-refractivity contribution in [2.45, 2.75) is 25.7 Å². The van der Waals surface area contributed by atoms with Gasteiger partial charge in [0.15, 0.2) is 0 Å². The zero-order valence-electron chi connectivity index (χ0n) is 11.9. The molecule has 1 aromatic rings. The highest BCUT2D eigenvalue weighted by Gasteiger charge is 2.46. The van der Waals surface area contributed by atoms with Gasteiger partial charge < -0.3 is 15.5 Å². The van der Waals surface area contributed by atoms with E-state index in [-0.39, 0.29) is 17.3 Å². The fourth-order valence-electron chi connectivity index (χ4n) is 1.81. The van der Waals surface area contributed by atoms with Crippen molar-refractivity contribution in [3.05, 3.63) is 23.9 Å². The highest BCUT2D eigenvalue weighted by Crippen LogP contribution is 2.25. The summed E-state index contributed by atoms with van der Waals surface area (Å²) < 4.78 is 45.8. The van der Waals surface area contributed by atoms with Crippen LogP contribution in [-0.2, 0) is 11.3 Å². The second kappa shape index (κ2) is 5.58. The van der Waals surface area contributed by atoms with E-state index in [1.54, 1.807) is 5.32 Å². The van der Waals surface area contributed by atoms with Crippen LogP contribution in [0.1, 0.15) is 13.9 Å². The maximum absolute atomic E-state index is 12.6. The minimum absolute atomic E-state index is 0.161. The van der Waals surface area contributed by atoms with Gasteiger partial charge in [-0.1, -0.05) is 0 Å². The average Bonchev–Trinajstić information content (AvgIpc) is 2.79. The van der Waals surface area contributed by atoms with Gasteiger partial charge in [0.25, 0.3) is 0 Å². The quantitative estimate of drug-likeness (QED) is 0.888. The Hall–Kier alpha value is -2.32. The highest BCUT2D eigenvalue weighted by atomic mass is 19.4. The number of nitrogens with zero attached hydrogens (tertiary/aromatic N) is 2. The van der Waals surface area contributed by atoms with Crippen LogP contribution in [0.4, 0.5) is 23.8 Å². The molecule has 114 valence electrons. The number of hydrogen-bond donors (Lipinski definition) is 2. The highest BCUT2D eigenvalue weighted by molar-refractivity contribution is 5.87. The van der Waals surface area contributed by atoms with Crippen LogP contribution in [0, 0.1) is 0 Å². The van der Waals surface area contributed by atoms with Crippen molar-refractivity contribution in [1.29, 1.82) is 0 Å². The maximum Gasteiger partial charge on any atom is 0.410 e.